The molecule has 0 radical (unpaired) electrons. The second-order valence-electron chi connectivity index (χ2n) is 5.32. The Morgan fingerprint density at radius 2 is 1.65 bits per heavy atom. The fourth-order valence-electron chi connectivity index (χ4n) is 3.97. The van der Waals surface area contributed by atoms with Crippen LogP contribution in [0.3, 0.4) is 0 Å². The number of hydrogen-bond donors (Lipinski definition) is 0. The molecule has 98 valence electrons. The zero-order chi connectivity index (χ0) is 12.0. The summed E-state index contributed by atoms with van der Waals surface area (Å²) >= 11 is 0. The first kappa shape index (κ1) is 12.5. The van der Waals surface area contributed by atoms with Gasteiger partial charge in [0.05, 0.1) is 0 Å². The smallest absolute Gasteiger partial charge is 0.351 e. The van der Waals surface area contributed by atoms with Crippen LogP contribution >= 0.6 is 0 Å². The minimum Gasteiger partial charge on any atom is -0.420 e. The third-order valence-corrected chi connectivity index (χ3v) is 36.1. The molecule has 3 rings (SSSR count). The molecule has 0 bridgehead atoms. The Hall–Kier alpha value is 0.491. The van der Waals surface area contributed by atoms with Gasteiger partial charge in [0, 0.05) is 33.0 Å². The predicted octanol–water partition coefficient (Wildman–Crippen LogP) is 1.62. The number of rotatable bonds is 3. The fraction of sp³-hybridized carbons (Fsp3) is 1.00. The van der Waals surface area contributed by atoms with Gasteiger partial charge in [-0.25, -0.2) is 0 Å². The van der Waals surface area contributed by atoms with E-state index in [-0.39, 0.29) is 0 Å². The molecule has 4 nitrogen and oxygen atoms in total. The third kappa shape index (κ3) is 1.41. The molecule has 0 N–H and O–H groups in total. The Labute approximate surface area is 106 Å². The first-order valence-corrected chi connectivity index (χ1v) is 15.2. The molecule has 3 aliphatic rings. The molecule has 0 aromatic carbocycles. The lowest BCUT2D eigenvalue weighted by Crippen LogP contribution is -2.79. The molecule has 3 heterocycles. The van der Waals surface area contributed by atoms with Crippen molar-refractivity contribution in [3.63, 3.8) is 0 Å². The Kier molecular flexibility index (Phi) is 3.13. The van der Waals surface area contributed by atoms with E-state index < -0.39 is 23.3 Å². The van der Waals surface area contributed by atoms with Gasteiger partial charge in [-0.05, 0) is 18.1 Å². The lowest BCUT2D eigenvalue weighted by Gasteiger charge is -2.48. The molecule has 3 fully saturated rings. The van der Waals surface area contributed by atoms with E-state index >= 15 is 0 Å². The van der Waals surface area contributed by atoms with Gasteiger partial charge in [-0.3, -0.25) is 0 Å². The zero-order valence-corrected chi connectivity index (χ0v) is 13.8. The molecule has 17 heavy (non-hydrogen) atoms. The van der Waals surface area contributed by atoms with Crippen LogP contribution in [0.25, 0.3) is 0 Å². The minimum atomic E-state index is -1.94. The summed E-state index contributed by atoms with van der Waals surface area (Å²) in [7, 11) is -3.54. The second-order valence-corrected chi connectivity index (χ2v) is 25.1. The standard InChI is InChI=1S/C10H22O4Si3/c1-3-7-15(11-2)8-4-14-17(15)10-6-13-16(17)9-5-12-16/h3-10H2,1-2H3. The normalized spacial score (nSPS) is 49.1. The summed E-state index contributed by atoms with van der Waals surface area (Å²) in [5.74, 6) is 0. The van der Waals surface area contributed by atoms with Gasteiger partial charge >= 0.3 is 8.08 Å². The van der Waals surface area contributed by atoms with E-state index in [0.717, 1.165) is 25.9 Å². The van der Waals surface area contributed by atoms with E-state index in [2.05, 4.69) is 6.92 Å². The Morgan fingerprint density at radius 3 is 2.24 bits per heavy atom. The molecule has 0 aromatic heterocycles. The van der Waals surface area contributed by atoms with Crippen LogP contribution in [0.5, 0.6) is 0 Å². The number of fused-ring (bicyclic) bond motifs is 1. The lowest BCUT2D eigenvalue weighted by molar-refractivity contribution is 0.155. The summed E-state index contributed by atoms with van der Waals surface area (Å²) in [4.78, 5) is 0. The molecule has 3 aliphatic heterocycles. The highest BCUT2D eigenvalue weighted by molar-refractivity contribution is 7.65. The molecule has 7 heteroatoms. The molecule has 3 unspecified atom stereocenters. The molecule has 0 saturated carbocycles. The SMILES string of the molecule is CCC[Si]1(OC)CCO[Si]12CCO[Si]21CCO1. The van der Waals surface area contributed by atoms with Crippen molar-refractivity contribution in [2.24, 2.45) is 0 Å². The highest BCUT2D eigenvalue weighted by atomic mass is 29.7. The van der Waals surface area contributed by atoms with Crippen LogP contribution in [0.2, 0.25) is 24.2 Å². The highest BCUT2D eigenvalue weighted by Gasteiger charge is 2.79. The maximum atomic E-state index is 6.41. The van der Waals surface area contributed by atoms with Crippen molar-refractivity contribution >= 4 is 23.3 Å². The van der Waals surface area contributed by atoms with Crippen molar-refractivity contribution < 1.29 is 17.7 Å². The van der Waals surface area contributed by atoms with Crippen LogP contribution in [0, 0.1) is 0 Å². The molecule has 0 aromatic rings. The van der Waals surface area contributed by atoms with Crippen LogP contribution in [-0.2, 0) is 17.7 Å². The van der Waals surface area contributed by atoms with Crippen LogP contribution in [0.4, 0.5) is 0 Å². The average Bonchev–Trinajstić information content (AvgIpc) is 2.83. The molecular formula is C10H22O4Si3. The fourth-order valence-corrected chi connectivity index (χ4v) is 39.6. The van der Waals surface area contributed by atoms with E-state index in [1.54, 1.807) is 0 Å². The first-order chi connectivity index (χ1) is 8.24. The summed E-state index contributed by atoms with van der Waals surface area (Å²) in [6.07, 6.45) is 1.21. The third-order valence-electron chi connectivity index (χ3n) is 4.81. The maximum Gasteiger partial charge on any atom is 0.351 e. The summed E-state index contributed by atoms with van der Waals surface area (Å²) in [5, 5.41) is 0. The molecule has 3 saturated heterocycles. The lowest BCUT2D eigenvalue weighted by atomic mass is 10.6. The Balaban J connectivity index is 1.98. The minimum absolute atomic E-state index is 0.875. The maximum absolute atomic E-state index is 6.41. The second kappa shape index (κ2) is 4.26. The predicted molar refractivity (Wildman–Crippen MR) is 71.6 cm³/mol. The summed E-state index contributed by atoms with van der Waals surface area (Å²) in [6.45, 7) is 4.94. The quantitative estimate of drug-likeness (QED) is 0.740. The summed E-state index contributed by atoms with van der Waals surface area (Å²) in [5.41, 5.74) is 0. The summed E-state index contributed by atoms with van der Waals surface area (Å²) < 4.78 is 24.7. The molecule has 3 atom stereocenters. The van der Waals surface area contributed by atoms with Gasteiger partial charge in [0.1, 0.15) is 0 Å². The Morgan fingerprint density at radius 1 is 1.00 bits per heavy atom. The monoisotopic (exact) mass is 290 g/mol. The van der Waals surface area contributed by atoms with E-state index in [9.17, 15) is 0 Å². The van der Waals surface area contributed by atoms with Crippen LogP contribution in [0.1, 0.15) is 13.3 Å². The van der Waals surface area contributed by atoms with E-state index in [0.29, 0.717) is 0 Å². The topological polar surface area (TPSA) is 36.9 Å². The van der Waals surface area contributed by atoms with Gasteiger partial charge in [0.25, 0.3) is 7.35 Å². The highest BCUT2D eigenvalue weighted by Crippen LogP contribution is 2.51. The van der Waals surface area contributed by atoms with Crippen molar-refractivity contribution in [1.29, 1.82) is 0 Å². The van der Waals surface area contributed by atoms with E-state index in [1.165, 1.54) is 24.6 Å². The van der Waals surface area contributed by atoms with Gasteiger partial charge < -0.3 is 17.7 Å². The van der Waals surface area contributed by atoms with Gasteiger partial charge in [-0.2, -0.15) is 0 Å². The van der Waals surface area contributed by atoms with E-state index in [4.69, 9.17) is 17.7 Å². The van der Waals surface area contributed by atoms with Gasteiger partial charge in [-0.15, -0.1) is 0 Å². The molecule has 0 aliphatic carbocycles. The first-order valence-electron chi connectivity index (χ1n) is 6.71. The molecule has 2 spiro atoms. The van der Waals surface area contributed by atoms with Gasteiger partial charge in [0.2, 0.25) is 7.83 Å². The van der Waals surface area contributed by atoms with Crippen LogP contribution < -0.4 is 0 Å². The average molecular weight is 291 g/mol. The van der Waals surface area contributed by atoms with Crippen molar-refractivity contribution in [3.05, 3.63) is 0 Å². The van der Waals surface area contributed by atoms with Crippen molar-refractivity contribution in [3.8, 4) is 0 Å². The van der Waals surface area contributed by atoms with Gasteiger partial charge in [0.15, 0.2) is 0 Å². The van der Waals surface area contributed by atoms with Crippen LogP contribution in [-0.4, -0.2) is 50.2 Å². The molecular weight excluding hydrogens is 268 g/mol. The summed E-state index contributed by atoms with van der Waals surface area (Å²) in [6, 6.07) is 4.75. The van der Waals surface area contributed by atoms with Crippen LogP contribution in [0.15, 0.2) is 0 Å². The van der Waals surface area contributed by atoms with Gasteiger partial charge in [-0.1, -0.05) is 13.3 Å². The van der Waals surface area contributed by atoms with Crippen molar-refractivity contribution in [2.75, 3.05) is 26.9 Å². The van der Waals surface area contributed by atoms with Crippen molar-refractivity contribution in [2.45, 2.75) is 37.5 Å². The Bertz CT molecular complexity index is 308. The largest absolute Gasteiger partial charge is 0.420 e. The zero-order valence-electron chi connectivity index (χ0n) is 10.8. The molecule has 0 amide bonds. The number of hydrogen-bond acceptors (Lipinski definition) is 4. The van der Waals surface area contributed by atoms with E-state index in [1.807, 2.05) is 7.11 Å². The van der Waals surface area contributed by atoms with Crippen molar-refractivity contribution in [1.82, 2.24) is 0 Å².